The third-order valence-corrected chi connectivity index (χ3v) is 11.1. The first-order valence-corrected chi connectivity index (χ1v) is 21.9. The van der Waals surface area contributed by atoms with E-state index in [-0.39, 0.29) is 22.2 Å². The van der Waals surface area contributed by atoms with Crippen molar-refractivity contribution in [2.75, 3.05) is 54.0 Å². The van der Waals surface area contributed by atoms with Crippen LogP contribution in [-0.4, -0.2) is 88.5 Å². The van der Waals surface area contributed by atoms with Gasteiger partial charge in [0.2, 0.25) is 17.8 Å². The van der Waals surface area contributed by atoms with Gasteiger partial charge < -0.3 is 30.7 Å². The lowest BCUT2D eigenvalue weighted by Crippen LogP contribution is -2.62. The molecular formula is C43H85N9. The summed E-state index contributed by atoms with van der Waals surface area (Å²) in [5.74, 6) is 2.66. The monoisotopic (exact) mass is 728 g/mol. The van der Waals surface area contributed by atoms with E-state index in [1.807, 2.05) is 0 Å². The molecule has 3 heterocycles. The van der Waals surface area contributed by atoms with Gasteiger partial charge in [0, 0.05) is 67.0 Å². The molecule has 2 aliphatic heterocycles. The maximum absolute atomic E-state index is 5.42. The fraction of sp³-hybridized carbons (Fsp3) is 0.930. The van der Waals surface area contributed by atoms with E-state index in [9.17, 15) is 0 Å². The second kappa shape index (κ2) is 20.8. The zero-order chi connectivity index (χ0) is 38.4. The minimum atomic E-state index is 0.0371. The van der Waals surface area contributed by atoms with Crippen molar-refractivity contribution in [2.45, 2.75) is 220 Å². The molecule has 9 heteroatoms. The lowest BCUT2D eigenvalue weighted by atomic mass is 9.79. The summed E-state index contributed by atoms with van der Waals surface area (Å²) in [6, 6.07) is 0.950. The molecule has 302 valence electrons. The van der Waals surface area contributed by atoms with Crippen LogP contribution in [0.1, 0.15) is 186 Å². The number of unbranched alkanes of at least 4 members (excludes halogenated alkanes) is 7. The maximum atomic E-state index is 5.42. The van der Waals surface area contributed by atoms with E-state index in [1.165, 1.54) is 57.8 Å². The van der Waals surface area contributed by atoms with Crippen LogP contribution in [-0.2, 0) is 0 Å². The third-order valence-electron chi connectivity index (χ3n) is 11.1. The number of nitrogens with zero attached hydrogens (tertiary/aromatic N) is 6. The van der Waals surface area contributed by atoms with Crippen LogP contribution < -0.4 is 30.7 Å². The van der Waals surface area contributed by atoms with Crippen molar-refractivity contribution in [1.29, 1.82) is 0 Å². The Hall–Kier alpha value is -1.71. The smallest absolute Gasteiger partial charge is 0.232 e. The second-order valence-corrected chi connectivity index (χ2v) is 19.1. The number of rotatable bonds is 24. The molecule has 52 heavy (non-hydrogen) atoms. The Bertz CT molecular complexity index is 1060. The van der Waals surface area contributed by atoms with E-state index in [1.54, 1.807) is 0 Å². The molecule has 1 aromatic heterocycles. The van der Waals surface area contributed by atoms with Gasteiger partial charge in [-0.25, -0.2) is 0 Å². The lowest BCUT2D eigenvalue weighted by molar-refractivity contribution is 0.146. The van der Waals surface area contributed by atoms with Gasteiger partial charge >= 0.3 is 0 Å². The number of anilines is 3. The highest BCUT2D eigenvalue weighted by molar-refractivity contribution is 5.47. The molecule has 2 aliphatic rings. The molecule has 2 saturated heterocycles. The third kappa shape index (κ3) is 15.2. The fourth-order valence-corrected chi connectivity index (χ4v) is 9.24. The molecule has 3 N–H and O–H groups in total. The van der Waals surface area contributed by atoms with Gasteiger partial charge in [-0.05, 0) is 126 Å². The Morgan fingerprint density at radius 2 is 0.885 bits per heavy atom. The van der Waals surface area contributed by atoms with E-state index in [2.05, 4.69) is 114 Å². The fourth-order valence-electron chi connectivity index (χ4n) is 9.24. The number of hydrogen-bond acceptors (Lipinski definition) is 9. The Kier molecular flexibility index (Phi) is 17.9. The van der Waals surface area contributed by atoms with Gasteiger partial charge in [0.15, 0.2) is 0 Å². The van der Waals surface area contributed by atoms with Crippen LogP contribution in [0.5, 0.6) is 0 Å². The molecule has 2 fully saturated rings. The molecule has 0 spiro atoms. The van der Waals surface area contributed by atoms with Gasteiger partial charge in [-0.3, -0.25) is 0 Å². The van der Waals surface area contributed by atoms with Crippen LogP contribution in [0.15, 0.2) is 0 Å². The van der Waals surface area contributed by atoms with E-state index in [4.69, 9.17) is 15.0 Å². The van der Waals surface area contributed by atoms with Crippen LogP contribution in [0, 0.1) is 0 Å². The lowest BCUT2D eigenvalue weighted by Gasteiger charge is -2.49. The molecule has 0 bridgehead atoms. The minimum Gasteiger partial charge on any atom is -0.341 e. The van der Waals surface area contributed by atoms with Crippen molar-refractivity contribution in [2.24, 2.45) is 0 Å². The highest BCUT2D eigenvalue weighted by Crippen LogP contribution is 2.34. The predicted molar refractivity (Wildman–Crippen MR) is 226 cm³/mol. The van der Waals surface area contributed by atoms with Crippen molar-refractivity contribution in [3.8, 4) is 0 Å². The maximum Gasteiger partial charge on any atom is 0.232 e. The second-order valence-electron chi connectivity index (χ2n) is 19.1. The number of hydrogen-bond donors (Lipinski definition) is 3. The molecule has 0 unspecified atom stereocenters. The van der Waals surface area contributed by atoms with Crippen molar-refractivity contribution in [3.05, 3.63) is 0 Å². The first-order chi connectivity index (χ1) is 24.5. The topological polar surface area (TPSA) is 84.5 Å². The van der Waals surface area contributed by atoms with Crippen molar-refractivity contribution < 1.29 is 0 Å². The van der Waals surface area contributed by atoms with Crippen molar-refractivity contribution in [1.82, 2.24) is 30.9 Å². The van der Waals surface area contributed by atoms with E-state index < -0.39 is 0 Å². The molecular weight excluding hydrogens is 643 g/mol. The number of piperidine rings is 2. The summed E-state index contributed by atoms with van der Waals surface area (Å²) in [7, 11) is 0. The van der Waals surface area contributed by atoms with E-state index >= 15 is 0 Å². The Morgan fingerprint density at radius 1 is 0.500 bits per heavy atom. The first-order valence-electron chi connectivity index (χ1n) is 21.9. The molecule has 0 atom stereocenters. The summed E-state index contributed by atoms with van der Waals surface area (Å²) in [4.78, 5) is 23.7. The molecule has 9 nitrogen and oxygen atoms in total. The summed E-state index contributed by atoms with van der Waals surface area (Å²) in [6.07, 6.45) is 18.7. The quantitative estimate of drug-likeness (QED) is 0.0903. The molecule has 0 radical (unpaired) electrons. The normalized spacial score (nSPS) is 19.8. The Labute approximate surface area is 322 Å². The molecule has 1 aromatic rings. The van der Waals surface area contributed by atoms with Gasteiger partial charge in [-0.1, -0.05) is 66.2 Å². The average molecular weight is 728 g/mol. The standard InChI is InChI=1S/C43H85N9/c1-13-17-26-50(27-18-14-2)37-45-38(51(28-19-15-3)29-20-16-4)47-39(46-37)52(36-33-42(9,10)49-43(11,12)34-36)30-24-22-21-23-25-44-35-31-40(5,6)48-41(7,8)32-35/h35-36,44,48-49H,13-34H2,1-12H3. The summed E-state index contributed by atoms with van der Waals surface area (Å²) in [5, 5.41) is 11.7. The molecule has 3 rings (SSSR count). The van der Waals surface area contributed by atoms with Gasteiger partial charge in [0.1, 0.15) is 0 Å². The van der Waals surface area contributed by atoms with Crippen molar-refractivity contribution >= 4 is 17.8 Å². The summed E-state index contributed by atoms with van der Waals surface area (Å²) in [5.41, 5.74) is 0.438. The van der Waals surface area contributed by atoms with Crippen LogP contribution in [0.4, 0.5) is 17.8 Å². The van der Waals surface area contributed by atoms with Crippen molar-refractivity contribution in [3.63, 3.8) is 0 Å². The number of aromatic nitrogens is 3. The van der Waals surface area contributed by atoms with Gasteiger partial charge in [-0.15, -0.1) is 0 Å². The average Bonchev–Trinajstić information content (AvgIpc) is 3.03. The Morgan fingerprint density at radius 3 is 1.31 bits per heavy atom. The SMILES string of the molecule is CCCCN(CCCC)c1nc(N(CCCC)CCCC)nc(N(CCCCCCNC2CC(C)(C)NC(C)(C)C2)C2CC(C)(C)NC(C)(C)C2)n1. The van der Waals surface area contributed by atoms with Gasteiger partial charge in [0.05, 0.1) is 0 Å². The Balaban J connectivity index is 1.88. The van der Waals surface area contributed by atoms with Crippen LogP contribution >= 0.6 is 0 Å². The first kappa shape index (κ1) is 44.7. The van der Waals surface area contributed by atoms with Crippen LogP contribution in [0.3, 0.4) is 0 Å². The largest absolute Gasteiger partial charge is 0.341 e. The molecule has 0 amide bonds. The minimum absolute atomic E-state index is 0.0371. The number of nitrogens with one attached hydrogen (secondary N) is 3. The van der Waals surface area contributed by atoms with Crippen LogP contribution in [0.25, 0.3) is 0 Å². The highest BCUT2D eigenvalue weighted by Gasteiger charge is 2.41. The highest BCUT2D eigenvalue weighted by atomic mass is 15.4. The predicted octanol–water partition coefficient (Wildman–Crippen LogP) is 9.26. The van der Waals surface area contributed by atoms with Crippen LogP contribution in [0.2, 0.25) is 0 Å². The zero-order valence-electron chi connectivity index (χ0n) is 36.4. The molecule has 0 saturated carbocycles. The zero-order valence-corrected chi connectivity index (χ0v) is 36.4. The summed E-state index contributed by atoms with van der Waals surface area (Å²) in [6.45, 7) is 34.1. The van der Waals surface area contributed by atoms with E-state index in [0.29, 0.717) is 12.1 Å². The molecule has 0 aliphatic carbocycles. The van der Waals surface area contributed by atoms with E-state index in [0.717, 1.165) is 102 Å². The van der Waals surface area contributed by atoms with Gasteiger partial charge in [0.25, 0.3) is 0 Å². The summed E-state index contributed by atoms with van der Waals surface area (Å²) >= 11 is 0. The summed E-state index contributed by atoms with van der Waals surface area (Å²) < 4.78 is 0. The molecule has 0 aromatic carbocycles. The van der Waals surface area contributed by atoms with Gasteiger partial charge in [-0.2, -0.15) is 15.0 Å².